The van der Waals surface area contributed by atoms with Gasteiger partial charge in [0.25, 0.3) is 0 Å². The van der Waals surface area contributed by atoms with Crippen molar-refractivity contribution in [3.8, 4) is 0 Å². The van der Waals surface area contributed by atoms with E-state index in [1.807, 2.05) is 6.92 Å². The Morgan fingerprint density at radius 1 is 1.45 bits per heavy atom. The molecule has 0 amide bonds. The number of halogens is 1. The van der Waals surface area contributed by atoms with Crippen molar-refractivity contribution in [2.75, 3.05) is 6.54 Å². The summed E-state index contributed by atoms with van der Waals surface area (Å²) >= 11 is 1.65. The predicted molar refractivity (Wildman–Crippen MR) is 49.3 cm³/mol. The molecule has 0 saturated carbocycles. The van der Waals surface area contributed by atoms with Crippen molar-refractivity contribution in [1.29, 1.82) is 0 Å². The highest BCUT2D eigenvalue weighted by Gasteiger charge is 1.97. The SMILES string of the molecule is Cc1nnc(CCCN)s1.Cl. The van der Waals surface area contributed by atoms with E-state index in [1.165, 1.54) is 0 Å². The molecule has 3 nitrogen and oxygen atoms in total. The van der Waals surface area contributed by atoms with Crippen LogP contribution in [0.25, 0.3) is 0 Å². The van der Waals surface area contributed by atoms with Crippen LogP contribution in [0.4, 0.5) is 0 Å². The Bertz CT molecular complexity index is 201. The van der Waals surface area contributed by atoms with Crippen LogP contribution in [-0.4, -0.2) is 16.7 Å². The molecule has 0 unspecified atom stereocenters. The fraction of sp³-hybridized carbons (Fsp3) is 0.667. The third kappa shape index (κ3) is 3.65. The molecule has 64 valence electrons. The summed E-state index contributed by atoms with van der Waals surface area (Å²) in [5.41, 5.74) is 5.34. The zero-order valence-electron chi connectivity index (χ0n) is 6.41. The van der Waals surface area contributed by atoms with Gasteiger partial charge in [-0.25, -0.2) is 0 Å². The average Bonchev–Trinajstić information content (AvgIpc) is 2.31. The van der Waals surface area contributed by atoms with Crippen LogP contribution in [0.3, 0.4) is 0 Å². The van der Waals surface area contributed by atoms with Gasteiger partial charge in [0.1, 0.15) is 10.0 Å². The number of nitrogens with two attached hydrogens (primary N) is 1. The molecule has 11 heavy (non-hydrogen) atoms. The Labute approximate surface area is 76.4 Å². The van der Waals surface area contributed by atoms with Crippen molar-refractivity contribution in [2.24, 2.45) is 5.73 Å². The normalized spacial score (nSPS) is 9.27. The smallest absolute Gasteiger partial charge is 0.117 e. The van der Waals surface area contributed by atoms with Crippen LogP contribution in [0, 0.1) is 6.92 Å². The summed E-state index contributed by atoms with van der Waals surface area (Å²) < 4.78 is 0. The molecule has 0 fully saturated rings. The summed E-state index contributed by atoms with van der Waals surface area (Å²) in [6.07, 6.45) is 1.98. The lowest BCUT2D eigenvalue weighted by Crippen LogP contribution is -1.99. The Hall–Kier alpha value is -0.190. The van der Waals surface area contributed by atoms with Crippen molar-refractivity contribution < 1.29 is 0 Å². The van der Waals surface area contributed by atoms with E-state index in [0.29, 0.717) is 0 Å². The Morgan fingerprint density at radius 3 is 2.64 bits per heavy atom. The number of aryl methyl sites for hydroxylation is 2. The largest absolute Gasteiger partial charge is 0.330 e. The van der Waals surface area contributed by atoms with Crippen molar-refractivity contribution in [2.45, 2.75) is 19.8 Å². The maximum absolute atomic E-state index is 5.34. The number of rotatable bonds is 3. The average molecular weight is 194 g/mol. The molecule has 0 spiro atoms. The molecule has 0 atom stereocenters. The first-order valence-corrected chi connectivity index (χ1v) is 4.13. The van der Waals surface area contributed by atoms with E-state index in [4.69, 9.17) is 5.73 Å². The monoisotopic (exact) mass is 193 g/mol. The highest BCUT2D eigenvalue weighted by molar-refractivity contribution is 7.11. The predicted octanol–water partition coefficient (Wildman–Crippen LogP) is 1.16. The van der Waals surface area contributed by atoms with Gasteiger partial charge >= 0.3 is 0 Å². The van der Waals surface area contributed by atoms with E-state index in [1.54, 1.807) is 11.3 Å². The van der Waals surface area contributed by atoms with Crippen LogP contribution in [-0.2, 0) is 6.42 Å². The fourth-order valence-corrected chi connectivity index (χ4v) is 1.44. The van der Waals surface area contributed by atoms with Crippen LogP contribution in [0.2, 0.25) is 0 Å². The van der Waals surface area contributed by atoms with Gasteiger partial charge in [0.15, 0.2) is 0 Å². The minimum Gasteiger partial charge on any atom is -0.330 e. The number of hydrogen-bond acceptors (Lipinski definition) is 4. The first-order valence-electron chi connectivity index (χ1n) is 3.32. The number of aromatic nitrogens is 2. The van der Waals surface area contributed by atoms with Crippen molar-refractivity contribution in [3.63, 3.8) is 0 Å². The number of hydrogen-bond donors (Lipinski definition) is 1. The third-order valence-corrected chi connectivity index (χ3v) is 2.06. The topological polar surface area (TPSA) is 51.8 Å². The van der Waals surface area contributed by atoms with Gasteiger partial charge < -0.3 is 5.73 Å². The Balaban J connectivity index is 0.000001000. The second-order valence-electron chi connectivity index (χ2n) is 2.11. The van der Waals surface area contributed by atoms with Gasteiger partial charge in [0.2, 0.25) is 0 Å². The molecule has 1 rings (SSSR count). The van der Waals surface area contributed by atoms with E-state index in [0.717, 1.165) is 29.4 Å². The van der Waals surface area contributed by atoms with Crippen molar-refractivity contribution in [3.05, 3.63) is 10.0 Å². The summed E-state index contributed by atoms with van der Waals surface area (Å²) in [6, 6.07) is 0. The van der Waals surface area contributed by atoms with Gasteiger partial charge in [-0.15, -0.1) is 33.9 Å². The lowest BCUT2D eigenvalue weighted by atomic mass is 10.3. The molecule has 1 aromatic rings. The molecule has 2 N–H and O–H groups in total. The van der Waals surface area contributed by atoms with Crippen LogP contribution in [0.5, 0.6) is 0 Å². The van der Waals surface area contributed by atoms with Gasteiger partial charge in [-0.3, -0.25) is 0 Å². The highest BCUT2D eigenvalue weighted by Crippen LogP contribution is 2.08. The summed E-state index contributed by atoms with van der Waals surface area (Å²) in [4.78, 5) is 0. The molecule has 0 aliphatic carbocycles. The van der Waals surface area contributed by atoms with Gasteiger partial charge in [-0.05, 0) is 19.9 Å². The lowest BCUT2D eigenvalue weighted by Gasteiger charge is -1.88. The lowest BCUT2D eigenvalue weighted by molar-refractivity contribution is 0.810. The molecule has 5 heteroatoms. The fourth-order valence-electron chi connectivity index (χ4n) is 0.692. The summed E-state index contributed by atoms with van der Waals surface area (Å²) in [5.74, 6) is 0. The second kappa shape index (κ2) is 5.46. The highest BCUT2D eigenvalue weighted by atomic mass is 35.5. The molecule has 0 bridgehead atoms. The molecule has 1 aromatic heterocycles. The molecule has 0 radical (unpaired) electrons. The van der Waals surface area contributed by atoms with Crippen LogP contribution in [0.1, 0.15) is 16.4 Å². The van der Waals surface area contributed by atoms with Gasteiger partial charge in [0, 0.05) is 6.42 Å². The summed E-state index contributed by atoms with van der Waals surface area (Å²) in [5, 5.41) is 10.00. The molecule has 0 saturated heterocycles. The maximum Gasteiger partial charge on any atom is 0.117 e. The van der Waals surface area contributed by atoms with Gasteiger partial charge in [-0.1, -0.05) is 0 Å². The van der Waals surface area contributed by atoms with Gasteiger partial charge in [-0.2, -0.15) is 0 Å². The minimum atomic E-state index is 0. The van der Waals surface area contributed by atoms with Crippen molar-refractivity contribution >= 4 is 23.7 Å². The summed E-state index contributed by atoms with van der Waals surface area (Å²) in [6.45, 7) is 2.70. The minimum absolute atomic E-state index is 0. The molecule has 0 aliphatic rings. The quantitative estimate of drug-likeness (QED) is 0.784. The molecule has 1 heterocycles. The van der Waals surface area contributed by atoms with Crippen LogP contribution >= 0.6 is 23.7 Å². The molecule has 0 aromatic carbocycles. The number of nitrogens with zero attached hydrogens (tertiary/aromatic N) is 2. The van der Waals surface area contributed by atoms with E-state index >= 15 is 0 Å². The van der Waals surface area contributed by atoms with Gasteiger partial charge in [0.05, 0.1) is 0 Å². The first-order chi connectivity index (χ1) is 4.83. The van der Waals surface area contributed by atoms with Crippen LogP contribution < -0.4 is 5.73 Å². The standard InChI is InChI=1S/C6H11N3S.ClH/c1-5-8-9-6(10-5)3-2-4-7;/h2-4,7H2,1H3;1H. The molecular weight excluding hydrogens is 182 g/mol. The van der Waals surface area contributed by atoms with E-state index < -0.39 is 0 Å². The Morgan fingerprint density at radius 2 is 2.18 bits per heavy atom. The van der Waals surface area contributed by atoms with Crippen LogP contribution in [0.15, 0.2) is 0 Å². The first kappa shape index (κ1) is 10.8. The van der Waals surface area contributed by atoms with E-state index in [9.17, 15) is 0 Å². The van der Waals surface area contributed by atoms with E-state index in [2.05, 4.69) is 10.2 Å². The molecule has 0 aliphatic heterocycles. The summed E-state index contributed by atoms with van der Waals surface area (Å²) in [7, 11) is 0. The Kier molecular flexibility index (Phi) is 5.36. The van der Waals surface area contributed by atoms with Crippen molar-refractivity contribution in [1.82, 2.24) is 10.2 Å². The zero-order valence-corrected chi connectivity index (χ0v) is 8.04. The third-order valence-electron chi connectivity index (χ3n) is 1.16. The molecular formula is C6H12ClN3S. The second-order valence-corrected chi connectivity index (χ2v) is 3.37. The van der Waals surface area contributed by atoms with E-state index in [-0.39, 0.29) is 12.4 Å². The zero-order chi connectivity index (χ0) is 7.40. The maximum atomic E-state index is 5.34.